The van der Waals surface area contributed by atoms with Crippen molar-refractivity contribution in [1.29, 1.82) is 0 Å². The summed E-state index contributed by atoms with van der Waals surface area (Å²) in [5.41, 5.74) is 3.14. The average Bonchev–Trinajstić information content (AvgIpc) is 3.13. The topological polar surface area (TPSA) is 82.7 Å². The van der Waals surface area contributed by atoms with Crippen LogP contribution in [0.15, 0.2) is 66.9 Å². The van der Waals surface area contributed by atoms with E-state index < -0.39 is 0 Å². The summed E-state index contributed by atoms with van der Waals surface area (Å²) >= 11 is 6.05. The highest BCUT2D eigenvalue weighted by Gasteiger charge is 2.10. The van der Waals surface area contributed by atoms with Crippen LogP contribution in [-0.4, -0.2) is 27.6 Å². The summed E-state index contributed by atoms with van der Waals surface area (Å²) in [7, 11) is 0. The van der Waals surface area contributed by atoms with Crippen molar-refractivity contribution < 1.29 is 4.79 Å². The van der Waals surface area contributed by atoms with Crippen LogP contribution in [0.25, 0.3) is 10.9 Å². The summed E-state index contributed by atoms with van der Waals surface area (Å²) in [5, 5.41) is 15.7. The highest BCUT2D eigenvalue weighted by Crippen LogP contribution is 2.21. The Morgan fingerprint density at radius 3 is 2.64 bits per heavy atom. The molecular formula is C21H18ClN5O. The molecule has 2 aromatic carbocycles. The van der Waals surface area contributed by atoms with E-state index in [9.17, 15) is 4.79 Å². The second-order valence-corrected chi connectivity index (χ2v) is 6.68. The van der Waals surface area contributed by atoms with Gasteiger partial charge < -0.3 is 15.6 Å². The first kappa shape index (κ1) is 18.0. The van der Waals surface area contributed by atoms with E-state index in [-0.39, 0.29) is 11.6 Å². The van der Waals surface area contributed by atoms with Crippen LogP contribution in [0.5, 0.6) is 0 Å². The minimum Gasteiger partial charge on any atom is -0.368 e. The Bertz CT molecular complexity index is 1110. The van der Waals surface area contributed by atoms with Crippen molar-refractivity contribution >= 4 is 39.9 Å². The molecule has 6 nitrogen and oxygen atoms in total. The first-order valence-electron chi connectivity index (χ1n) is 8.89. The van der Waals surface area contributed by atoms with E-state index in [0.717, 1.165) is 11.9 Å². The number of aromatic nitrogens is 3. The number of hydrogen-bond donors (Lipinski definition) is 3. The predicted octanol–water partition coefficient (Wildman–Crippen LogP) is 4.52. The molecular weight excluding hydrogens is 374 g/mol. The lowest BCUT2D eigenvalue weighted by Crippen LogP contribution is -2.15. The van der Waals surface area contributed by atoms with Gasteiger partial charge in [-0.3, -0.25) is 4.79 Å². The van der Waals surface area contributed by atoms with Crippen LogP contribution in [0.1, 0.15) is 16.1 Å². The third-order valence-electron chi connectivity index (χ3n) is 4.39. The molecule has 0 aliphatic heterocycles. The maximum Gasteiger partial charge on any atom is 0.276 e. The van der Waals surface area contributed by atoms with Gasteiger partial charge in [-0.1, -0.05) is 41.9 Å². The summed E-state index contributed by atoms with van der Waals surface area (Å²) in [6, 6.07) is 18.6. The van der Waals surface area contributed by atoms with Crippen molar-refractivity contribution in [3.05, 3.63) is 83.1 Å². The zero-order valence-corrected chi connectivity index (χ0v) is 15.7. The van der Waals surface area contributed by atoms with Gasteiger partial charge >= 0.3 is 0 Å². The molecule has 0 radical (unpaired) electrons. The van der Waals surface area contributed by atoms with Crippen LogP contribution in [0.2, 0.25) is 5.02 Å². The van der Waals surface area contributed by atoms with Gasteiger partial charge in [0, 0.05) is 23.6 Å². The maximum absolute atomic E-state index is 12.3. The number of hydrogen-bond acceptors (Lipinski definition) is 4. The van der Waals surface area contributed by atoms with E-state index in [4.69, 9.17) is 11.6 Å². The predicted molar refractivity (Wildman–Crippen MR) is 112 cm³/mol. The number of carbonyl (C=O) groups is 1. The van der Waals surface area contributed by atoms with Gasteiger partial charge in [0.05, 0.1) is 10.7 Å². The maximum atomic E-state index is 12.3. The minimum atomic E-state index is -0.356. The zero-order valence-electron chi connectivity index (χ0n) is 14.9. The highest BCUT2D eigenvalue weighted by atomic mass is 35.5. The Balaban J connectivity index is 1.34. The summed E-state index contributed by atoms with van der Waals surface area (Å²) in [6.45, 7) is 0.710. The number of anilines is 2. The van der Waals surface area contributed by atoms with Gasteiger partial charge in [0.1, 0.15) is 5.82 Å². The molecule has 2 heterocycles. The number of benzene rings is 2. The van der Waals surface area contributed by atoms with E-state index in [1.165, 1.54) is 10.9 Å². The molecule has 28 heavy (non-hydrogen) atoms. The number of amides is 1. The number of aromatic amines is 1. The molecule has 0 spiro atoms. The third kappa shape index (κ3) is 3.97. The minimum absolute atomic E-state index is 0.224. The Morgan fingerprint density at radius 2 is 1.82 bits per heavy atom. The molecule has 0 saturated carbocycles. The molecule has 0 unspecified atom stereocenters. The molecule has 0 fully saturated rings. The molecule has 2 aromatic heterocycles. The fourth-order valence-corrected chi connectivity index (χ4v) is 3.14. The van der Waals surface area contributed by atoms with Gasteiger partial charge in [-0.15, -0.1) is 10.2 Å². The van der Waals surface area contributed by atoms with Gasteiger partial charge in [-0.05, 0) is 42.3 Å². The summed E-state index contributed by atoms with van der Waals surface area (Å²) < 4.78 is 0. The summed E-state index contributed by atoms with van der Waals surface area (Å²) in [4.78, 5) is 15.5. The van der Waals surface area contributed by atoms with Crippen molar-refractivity contribution in [2.24, 2.45) is 0 Å². The van der Waals surface area contributed by atoms with Gasteiger partial charge in [0.25, 0.3) is 5.91 Å². The molecule has 4 aromatic rings. The van der Waals surface area contributed by atoms with Crippen LogP contribution < -0.4 is 10.6 Å². The molecule has 0 aliphatic carbocycles. The Labute approximate surface area is 167 Å². The molecule has 0 aliphatic rings. The molecule has 0 atom stereocenters. The second-order valence-electron chi connectivity index (χ2n) is 6.27. The quantitative estimate of drug-likeness (QED) is 0.451. The number of para-hydroxylation sites is 2. The van der Waals surface area contributed by atoms with Gasteiger partial charge in [-0.2, -0.15) is 0 Å². The van der Waals surface area contributed by atoms with Crippen LogP contribution in [-0.2, 0) is 6.42 Å². The van der Waals surface area contributed by atoms with Crippen molar-refractivity contribution in [2.75, 3.05) is 17.2 Å². The lowest BCUT2D eigenvalue weighted by atomic mass is 10.1. The van der Waals surface area contributed by atoms with Gasteiger partial charge in [-0.25, -0.2) is 0 Å². The Hall–Kier alpha value is -3.38. The van der Waals surface area contributed by atoms with Gasteiger partial charge in [0.2, 0.25) is 0 Å². The first-order valence-corrected chi connectivity index (χ1v) is 9.27. The van der Waals surface area contributed by atoms with Crippen LogP contribution in [0, 0.1) is 0 Å². The first-order chi connectivity index (χ1) is 13.7. The number of rotatable bonds is 6. The largest absolute Gasteiger partial charge is 0.368 e. The van der Waals surface area contributed by atoms with E-state index >= 15 is 0 Å². The van der Waals surface area contributed by atoms with Crippen LogP contribution in [0.4, 0.5) is 11.5 Å². The molecule has 0 saturated heterocycles. The van der Waals surface area contributed by atoms with E-state index in [1.54, 1.807) is 36.4 Å². The number of nitrogens with zero attached hydrogens (tertiary/aromatic N) is 2. The molecule has 3 N–H and O–H groups in total. The number of fused-ring (bicyclic) bond motifs is 1. The lowest BCUT2D eigenvalue weighted by molar-refractivity contribution is 0.102. The second kappa shape index (κ2) is 8.10. The average molecular weight is 392 g/mol. The highest BCUT2D eigenvalue weighted by molar-refractivity contribution is 6.33. The van der Waals surface area contributed by atoms with E-state index in [0.29, 0.717) is 23.1 Å². The third-order valence-corrected chi connectivity index (χ3v) is 4.72. The van der Waals surface area contributed by atoms with Crippen molar-refractivity contribution in [3.8, 4) is 0 Å². The number of carbonyl (C=O) groups excluding carboxylic acids is 1. The van der Waals surface area contributed by atoms with Crippen LogP contribution in [0.3, 0.4) is 0 Å². The fourth-order valence-electron chi connectivity index (χ4n) is 2.96. The standard InChI is InChI=1S/C21H18ClN5O/c22-16-6-2-4-8-18(16)25-21(28)19-9-10-20(27-26-19)23-12-11-14-13-24-17-7-3-1-5-15(14)17/h1-10,13,24H,11-12H2,(H,23,27)(H,25,28). The summed E-state index contributed by atoms with van der Waals surface area (Å²) in [5.74, 6) is 0.264. The molecule has 0 bridgehead atoms. The van der Waals surface area contributed by atoms with Crippen molar-refractivity contribution in [2.45, 2.75) is 6.42 Å². The number of nitrogens with one attached hydrogen (secondary N) is 3. The smallest absolute Gasteiger partial charge is 0.276 e. The van der Waals surface area contributed by atoms with E-state index in [1.807, 2.05) is 18.3 Å². The van der Waals surface area contributed by atoms with Crippen molar-refractivity contribution in [1.82, 2.24) is 15.2 Å². The normalized spacial score (nSPS) is 10.8. The number of halogens is 1. The number of H-pyrrole nitrogens is 1. The fraction of sp³-hybridized carbons (Fsp3) is 0.0952. The molecule has 7 heteroatoms. The molecule has 1 amide bonds. The zero-order chi connectivity index (χ0) is 19.3. The van der Waals surface area contributed by atoms with Crippen molar-refractivity contribution in [3.63, 3.8) is 0 Å². The SMILES string of the molecule is O=C(Nc1ccccc1Cl)c1ccc(NCCc2c[nH]c3ccccc23)nn1. The van der Waals surface area contributed by atoms with E-state index in [2.05, 4.69) is 37.9 Å². The van der Waals surface area contributed by atoms with Crippen LogP contribution >= 0.6 is 11.6 Å². The monoisotopic (exact) mass is 391 g/mol. The Morgan fingerprint density at radius 1 is 1.00 bits per heavy atom. The van der Waals surface area contributed by atoms with Gasteiger partial charge in [0.15, 0.2) is 5.69 Å². The lowest BCUT2D eigenvalue weighted by Gasteiger charge is -2.07. The Kier molecular flexibility index (Phi) is 5.21. The molecule has 4 rings (SSSR count). The molecule has 140 valence electrons. The summed E-state index contributed by atoms with van der Waals surface area (Å²) in [6.07, 6.45) is 2.88.